The van der Waals surface area contributed by atoms with Crippen LogP contribution in [0.5, 0.6) is 0 Å². The summed E-state index contributed by atoms with van der Waals surface area (Å²) < 4.78 is 0. The molecule has 0 saturated carbocycles. The lowest BCUT2D eigenvalue weighted by atomic mass is 10.1. The quantitative estimate of drug-likeness (QED) is 0.411. The van der Waals surface area contributed by atoms with Crippen molar-refractivity contribution in [2.24, 2.45) is 4.99 Å². The van der Waals surface area contributed by atoms with Crippen LogP contribution in [-0.4, -0.2) is 35.7 Å². The van der Waals surface area contributed by atoms with Gasteiger partial charge in [-0.25, -0.2) is 10.5 Å². The average molecular weight is 341 g/mol. The largest absolute Gasteiger partial charge is 0.389 e. The van der Waals surface area contributed by atoms with Gasteiger partial charge in [0.15, 0.2) is 5.84 Å². The Balaban J connectivity index is 1.97. The van der Waals surface area contributed by atoms with Crippen molar-refractivity contribution in [3.05, 3.63) is 66.2 Å². The number of nitrogens with zero attached hydrogens (tertiary/aromatic N) is 1. The number of amidine groups is 1. The topological polar surface area (TPSA) is 65.9 Å². The summed E-state index contributed by atoms with van der Waals surface area (Å²) >= 11 is 0. The zero-order valence-corrected chi connectivity index (χ0v) is 15.1. The Labute approximate surface area is 149 Å². The third-order valence-corrected chi connectivity index (χ3v) is 3.36. The molecule has 0 aliphatic heterocycles. The summed E-state index contributed by atoms with van der Waals surface area (Å²) in [7, 11) is 0. The minimum absolute atomic E-state index is 0.0433. The first-order chi connectivity index (χ1) is 11.9. The maximum absolute atomic E-state index is 10.0. The molecule has 2 aromatic rings. The fourth-order valence-electron chi connectivity index (χ4n) is 2.06. The van der Waals surface area contributed by atoms with E-state index in [1.165, 1.54) is 0 Å². The Morgan fingerprint density at radius 3 is 2.24 bits per heavy atom. The van der Waals surface area contributed by atoms with E-state index in [0.717, 1.165) is 11.3 Å². The van der Waals surface area contributed by atoms with Gasteiger partial charge in [-0.05, 0) is 32.9 Å². The molecule has 0 radical (unpaired) electrons. The second kappa shape index (κ2) is 9.32. The molecule has 0 bridgehead atoms. The number of β-amino-alcohol motifs (C(OH)–C–C–N with tert-alkyl or cyclic N) is 1. The molecule has 0 aliphatic rings. The number of hydroxylamine groups is 1. The van der Waals surface area contributed by atoms with Crippen LogP contribution in [0.1, 0.15) is 26.3 Å². The van der Waals surface area contributed by atoms with Gasteiger partial charge in [0.25, 0.3) is 0 Å². The molecule has 5 nitrogen and oxygen atoms in total. The van der Waals surface area contributed by atoms with Gasteiger partial charge >= 0.3 is 0 Å². The predicted octanol–water partition coefficient (Wildman–Crippen LogP) is 3.04. The van der Waals surface area contributed by atoms with Crippen molar-refractivity contribution >= 4 is 11.5 Å². The van der Waals surface area contributed by atoms with Crippen LogP contribution in [0.15, 0.2) is 65.7 Å². The number of aliphatic hydroxyl groups is 1. The van der Waals surface area contributed by atoms with E-state index in [-0.39, 0.29) is 12.1 Å². The zero-order valence-electron chi connectivity index (χ0n) is 15.1. The fourth-order valence-corrected chi connectivity index (χ4v) is 2.06. The number of rotatable bonds is 7. The normalized spacial score (nSPS) is 13.5. The van der Waals surface area contributed by atoms with Crippen LogP contribution in [-0.2, 0) is 4.84 Å². The molecule has 0 aliphatic carbocycles. The molecule has 2 aromatic carbocycles. The Hall–Kier alpha value is -2.21. The smallest absolute Gasteiger partial charge is 0.157 e. The van der Waals surface area contributed by atoms with E-state index in [4.69, 9.17) is 4.84 Å². The van der Waals surface area contributed by atoms with Crippen molar-refractivity contribution < 1.29 is 9.94 Å². The molecule has 0 spiro atoms. The first kappa shape index (κ1) is 19.1. The third-order valence-electron chi connectivity index (χ3n) is 3.36. The van der Waals surface area contributed by atoms with Crippen molar-refractivity contribution in [2.75, 3.05) is 13.2 Å². The standard InChI is InChI=1S/C20H27N3O2/c1-20(2,3)21-14-18(24)15-25-23-19(16-10-6-4-7-11-16)22-17-12-8-5-9-13-17/h4-13,18,21,24H,14-15H2,1-3H3,(H,22,23). The number of benzene rings is 2. The molecule has 25 heavy (non-hydrogen) atoms. The molecule has 0 heterocycles. The fraction of sp³-hybridized carbons (Fsp3) is 0.350. The Bertz CT molecular complexity index is 652. The summed E-state index contributed by atoms with van der Waals surface area (Å²) in [6, 6.07) is 19.4. The van der Waals surface area contributed by atoms with Gasteiger partial charge in [-0.2, -0.15) is 0 Å². The molecule has 0 aromatic heterocycles. The molecule has 1 unspecified atom stereocenters. The van der Waals surface area contributed by atoms with Crippen LogP contribution in [0.3, 0.4) is 0 Å². The summed E-state index contributed by atoms with van der Waals surface area (Å²) in [5.41, 5.74) is 4.57. The highest BCUT2D eigenvalue weighted by Gasteiger charge is 2.13. The van der Waals surface area contributed by atoms with Crippen LogP contribution >= 0.6 is 0 Å². The molecule has 0 amide bonds. The molecular formula is C20H27N3O2. The summed E-state index contributed by atoms with van der Waals surface area (Å²) in [6.07, 6.45) is -0.611. The zero-order chi connectivity index (χ0) is 18.1. The first-order valence-electron chi connectivity index (χ1n) is 8.44. The average Bonchev–Trinajstić information content (AvgIpc) is 2.60. The lowest BCUT2D eigenvalue weighted by Crippen LogP contribution is -2.43. The molecule has 0 fully saturated rings. The van der Waals surface area contributed by atoms with Gasteiger partial charge in [-0.15, -0.1) is 0 Å². The second-order valence-corrected chi connectivity index (χ2v) is 6.86. The molecule has 2 rings (SSSR count). The summed E-state index contributed by atoms with van der Waals surface area (Å²) in [5, 5.41) is 13.3. The van der Waals surface area contributed by atoms with Gasteiger partial charge in [-0.1, -0.05) is 48.5 Å². The molecule has 5 heteroatoms. The van der Waals surface area contributed by atoms with Crippen LogP contribution < -0.4 is 10.8 Å². The van der Waals surface area contributed by atoms with Gasteiger partial charge in [0, 0.05) is 17.6 Å². The Kier molecular flexibility index (Phi) is 7.13. The molecular weight excluding hydrogens is 314 g/mol. The maximum Gasteiger partial charge on any atom is 0.157 e. The van der Waals surface area contributed by atoms with E-state index in [1.54, 1.807) is 0 Å². The minimum atomic E-state index is -0.611. The summed E-state index contributed by atoms with van der Waals surface area (Å²) in [6.45, 7) is 6.78. The maximum atomic E-state index is 10.0. The number of nitrogens with one attached hydrogen (secondary N) is 2. The summed E-state index contributed by atoms with van der Waals surface area (Å²) in [4.78, 5) is 10.1. The third kappa shape index (κ3) is 7.47. The number of hydrogen-bond acceptors (Lipinski definition) is 4. The Morgan fingerprint density at radius 1 is 1.04 bits per heavy atom. The predicted molar refractivity (Wildman–Crippen MR) is 102 cm³/mol. The Morgan fingerprint density at radius 2 is 1.64 bits per heavy atom. The highest BCUT2D eigenvalue weighted by Crippen LogP contribution is 2.12. The first-order valence-corrected chi connectivity index (χ1v) is 8.44. The summed E-state index contributed by atoms with van der Waals surface area (Å²) in [5.74, 6) is 0.600. The molecule has 3 N–H and O–H groups in total. The van der Waals surface area contributed by atoms with Crippen molar-refractivity contribution in [3.8, 4) is 0 Å². The van der Waals surface area contributed by atoms with Gasteiger partial charge < -0.3 is 10.4 Å². The lowest BCUT2D eigenvalue weighted by Gasteiger charge is -2.22. The van der Waals surface area contributed by atoms with Gasteiger partial charge in [0.1, 0.15) is 6.61 Å². The highest BCUT2D eigenvalue weighted by molar-refractivity contribution is 5.99. The van der Waals surface area contributed by atoms with E-state index in [1.807, 2.05) is 60.7 Å². The number of aliphatic hydroxyl groups excluding tert-OH is 1. The van der Waals surface area contributed by atoms with E-state index in [2.05, 4.69) is 36.6 Å². The number of aliphatic imine (C=N–C) groups is 1. The second-order valence-electron chi connectivity index (χ2n) is 6.86. The van der Waals surface area contributed by atoms with Gasteiger partial charge in [0.05, 0.1) is 11.8 Å². The van der Waals surface area contributed by atoms with E-state index in [9.17, 15) is 5.11 Å². The van der Waals surface area contributed by atoms with E-state index < -0.39 is 6.10 Å². The lowest BCUT2D eigenvalue weighted by molar-refractivity contribution is 0.00619. The highest BCUT2D eigenvalue weighted by atomic mass is 16.6. The van der Waals surface area contributed by atoms with Crippen molar-refractivity contribution in [1.82, 2.24) is 10.8 Å². The molecule has 1 atom stereocenters. The van der Waals surface area contributed by atoms with E-state index >= 15 is 0 Å². The number of hydrogen-bond donors (Lipinski definition) is 3. The van der Waals surface area contributed by atoms with E-state index in [0.29, 0.717) is 12.4 Å². The van der Waals surface area contributed by atoms with Gasteiger partial charge in [0.2, 0.25) is 0 Å². The molecule has 0 saturated heterocycles. The van der Waals surface area contributed by atoms with Crippen LogP contribution in [0.2, 0.25) is 0 Å². The van der Waals surface area contributed by atoms with Crippen LogP contribution in [0, 0.1) is 0 Å². The monoisotopic (exact) mass is 341 g/mol. The van der Waals surface area contributed by atoms with Crippen LogP contribution in [0.4, 0.5) is 5.69 Å². The number of para-hydroxylation sites is 1. The van der Waals surface area contributed by atoms with Crippen LogP contribution in [0.25, 0.3) is 0 Å². The SMILES string of the molecule is CC(C)(C)NCC(O)CONC(=Nc1ccccc1)c1ccccc1. The molecule has 134 valence electrons. The van der Waals surface area contributed by atoms with Crippen molar-refractivity contribution in [1.29, 1.82) is 0 Å². The van der Waals surface area contributed by atoms with Gasteiger partial charge in [-0.3, -0.25) is 4.84 Å². The minimum Gasteiger partial charge on any atom is -0.389 e. The van der Waals surface area contributed by atoms with Crippen molar-refractivity contribution in [3.63, 3.8) is 0 Å². The van der Waals surface area contributed by atoms with Crippen molar-refractivity contribution in [2.45, 2.75) is 32.4 Å².